The second-order valence-corrected chi connectivity index (χ2v) is 4.20. The molecule has 0 radical (unpaired) electrons. The maximum atomic E-state index is 11.3. The van der Waals surface area contributed by atoms with Crippen LogP contribution in [0.1, 0.15) is 18.1 Å². The van der Waals surface area contributed by atoms with Crippen molar-refractivity contribution in [2.75, 3.05) is 13.7 Å². The van der Waals surface area contributed by atoms with Gasteiger partial charge in [0.1, 0.15) is 0 Å². The summed E-state index contributed by atoms with van der Waals surface area (Å²) in [5, 5.41) is 10.9. The van der Waals surface area contributed by atoms with E-state index in [0.29, 0.717) is 25.3 Å². The van der Waals surface area contributed by atoms with Crippen LogP contribution in [0.2, 0.25) is 0 Å². The highest BCUT2D eigenvalue weighted by molar-refractivity contribution is 5.74. The number of fused-ring (bicyclic) bond motifs is 1. The minimum atomic E-state index is -0.448. The first-order valence-electron chi connectivity index (χ1n) is 5.63. The fraction of sp³-hybridized carbons (Fsp3) is 0.417. The zero-order chi connectivity index (χ0) is 13.3. The molecule has 1 heterocycles. The van der Waals surface area contributed by atoms with Crippen LogP contribution in [0.4, 0.5) is 5.69 Å². The first-order chi connectivity index (χ1) is 8.54. The third-order valence-electron chi connectivity index (χ3n) is 3.18. The Morgan fingerprint density at radius 1 is 1.50 bits per heavy atom. The Labute approximate surface area is 104 Å². The van der Waals surface area contributed by atoms with Crippen LogP contribution in [0.15, 0.2) is 12.1 Å². The van der Waals surface area contributed by atoms with Gasteiger partial charge in [-0.1, -0.05) is 0 Å². The highest BCUT2D eigenvalue weighted by Crippen LogP contribution is 2.36. The molecule has 0 aromatic heterocycles. The van der Waals surface area contributed by atoms with Gasteiger partial charge >= 0.3 is 5.69 Å². The predicted molar refractivity (Wildman–Crippen MR) is 64.4 cm³/mol. The summed E-state index contributed by atoms with van der Waals surface area (Å²) >= 11 is 0. The number of carbonyl (C=O) groups is 1. The Morgan fingerprint density at radius 3 is 2.78 bits per heavy atom. The van der Waals surface area contributed by atoms with Crippen molar-refractivity contribution in [2.24, 2.45) is 0 Å². The Bertz CT molecular complexity index is 513. The van der Waals surface area contributed by atoms with Gasteiger partial charge in [0.2, 0.25) is 5.91 Å². The summed E-state index contributed by atoms with van der Waals surface area (Å²) in [4.78, 5) is 23.5. The average Bonchev–Trinajstić information content (AvgIpc) is 2.36. The van der Waals surface area contributed by atoms with E-state index in [-0.39, 0.29) is 11.6 Å². The van der Waals surface area contributed by atoms with Crippen LogP contribution in [0.5, 0.6) is 5.75 Å². The number of hydrogen-bond donors (Lipinski definition) is 0. The number of rotatable bonds is 2. The number of benzene rings is 1. The predicted octanol–water partition coefficient (Wildman–Crippen LogP) is 1.51. The molecular formula is C12H14N2O4. The molecule has 0 aliphatic carbocycles. The summed E-state index contributed by atoms with van der Waals surface area (Å²) in [5.41, 5.74) is 1.73. The fourth-order valence-corrected chi connectivity index (χ4v) is 2.25. The molecule has 2 rings (SSSR count). The molecule has 6 nitrogen and oxygen atoms in total. The van der Waals surface area contributed by atoms with E-state index in [0.717, 1.165) is 11.1 Å². The smallest absolute Gasteiger partial charge is 0.311 e. The first kappa shape index (κ1) is 12.3. The molecule has 0 N–H and O–H groups in total. The minimum absolute atomic E-state index is 0.0120. The number of carbonyl (C=O) groups excluding carboxylic acids is 1. The lowest BCUT2D eigenvalue weighted by molar-refractivity contribution is -0.385. The molecule has 0 saturated carbocycles. The van der Waals surface area contributed by atoms with Crippen molar-refractivity contribution >= 4 is 11.6 Å². The first-order valence-corrected chi connectivity index (χ1v) is 5.63. The van der Waals surface area contributed by atoms with Gasteiger partial charge in [0.05, 0.1) is 12.0 Å². The number of hydrogen-bond acceptors (Lipinski definition) is 4. The molecule has 0 fully saturated rings. The van der Waals surface area contributed by atoms with Crippen LogP contribution < -0.4 is 4.74 Å². The highest BCUT2D eigenvalue weighted by Gasteiger charge is 2.26. The SMILES string of the molecule is COc1c([N+](=O)[O-])ccc2c1CCN(C(C)=O)C2. The Balaban J connectivity index is 2.44. The summed E-state index contributed by atoms with van der Waals surface area (Å²) in [6, 6.07) is 3.13. The van der Waals surface area contributed by atoms with Gasteiger partial charge in [0.25, 0.3) is 0 Å². The molecule has 1 aromatic carbocycles. The fourth-order valence-electron chi connectivity index (χ4n) is 2.25. The van der Waals surface area contributed by atoms with Gasteiger partial charge in [0.15, 0.2) is 5.75 Å². The lowest BCUT2D eigenvalue weighted by Gasteiger charge is -2.28. The lowest BCUT2D eigenvalue weighted by atomic mass is 9.97. The number of amides is 1. The maximum absolute atomic E-state index is 11.3. The number of ether oxygens (including phenoxy) is 1. The van der Waals surface area contributed by atoms with E-state index in [2.05, 4.69) is 0 Å². The van der Waals surface area contributed by atoms with Crippen molar-refractivity contribution in [2.45, 2.75) is 19.9 Å². The molecule has 1 aliphatic heterocycles. The van der Waals surface area contributed by atoms with Crippen LogP contribution in [-0.4, -0.2) is 29.4 Å². The zero-order valence-corrected chi connectivity index (χ0v) is 10.3. The molecule has 0 spiro atoms. The molecule has 1 amide bonds. The van der Waals surface area contributed by atoms with Crippen LogP contribution in [0.25, 0.3) is 0 Å². The zero-order valence-electron chi connectivity index (χ0n) is 10.3. The van der Waals surface area contributed by atoms with Gasteiger partial charge in [-0.15, -0.1) is 0 Å². The normalized spacial score (nSPS) is 14.0. The van der Waals surface area contributed by atoms with Crippen molar-refractivity contribution in [3.8, 4) is 5.75 Å². The lowest BCUT2D eigenvalue weighted by Crippen LogP contribution is -2.34. The van der Waals surface area contributed by atoms with Crippen LogP contribution in [0, 0.1) is 10.1 Å². The van der Waals surface area contributed by atoms with Crippen molar-refractivity contribution in [1.29, 1.82) is 0 Å². The van der Waals surface area contributed by atoms with Crippen LogP contribution in [0.3, 0.4) is 0 Å². The standard InChI is InChI=1S/C12H14N2O4/c1-8(15)13-6-5-10-9(7-13)3-4-11(14(16)17)12(10)18-2/h3-4H,5-7H2,1-2H3. The third kappa shape index (κ3) is 2.01. The summed E-state index contributed by atoms with van der Waals surface area (Å²) < 4.78 is 5.16. The van der Waals surface area contributed by atoms with E-state index in [1.165, 1.54) is 20.1 Å². The summed E-state index contributed by atoms with van der Waals surface area (Å²) in [6.07, 6.45) is 0.583. The second kappa shape index (κ2) is 4.64. The quantitative estimate of drug-likeness (QED) is 0.589. The Morgan fingerprint density at radius 2 is 2.22 bits per heavy atom. The topological polar surface area (TPSA) is 72.7 Å². The number of nitrogens with zero attached hydrogens (tertiary/aromatic N) is 2. The molecule has 6 heteroatoms. The van der Waals surface area contributed by atoms with E-state index < -0.39 is 4.92 Å². The van der Waals surface area contributed by atoms with E-state index in [4.69, 9.17) is 4.74 Å². The molecule has 18 heavy (non-hydrogen) atoms. The molecule has 96 valence electrons. The van der Waals surface area contributed by atoms with Gasteiger partial charge in [-0.25, -0.2) is 0 Å². The van der Waals surface area contributed by atoms with Crippen molar-refractivity contribution in [3.05, 3.63) is 33.4 Å². The third-order valence-corrected chi connectivity index (χ3v) is 3.18. The number of nitro groups is 1. The van der Waals surface area contributed by atoms with E-state index in [1.807, 2.05) is 0 Å². The van der Waals surface area contributed by atoms with Gasteiger partial charge in [-0.3, -0.25) is 14.9 Å². The van der Waals surface area contributed by atoms with Gasteiger partial charge in [-0.2, -0.15) is 0 Å². The van der Waals surface area contributed by atoms with Crippen LogP contribution in [-0.2, 0) is 17.8 Å². The minimum Gasteiger partial charge on any atom is -0.490 e. The van der Waals surface area contributed by atoms with Gasteiger partial charge < -0.3 is 9.64 Å². The van der Waals surface area contributed by atoms with E-state index >= 15 is 0 Å². The summed E-state index contributed by atoms with van der Waals surface area (Å²) in [7, 11) is 1.43. The molecule has 0 saturated heterocycles. The molecule has 0 bridgehead atoms. The molecular weight excluding hydrogens is 236 g/mol. The summed E-state index contributed by atoms with van der Waals surface area (Å²) in [6.45, 7) is 2.58. The van der Waals surface area contributed by atoms with Gasteiger partial charge in [-0.05, 0) is 18.1 Å². The number of nitro benzene ring substituents is 1. The van der Waals surface area contributed by atoms with Crippen molar-refractivity contribution < 1.29 is 14.5 Å². The van der Waals surface area contributed by atoms with Crippen molar-refractivity contribution in [3.63, 3.8) is 0 Å². The number of methoxy groups -OCH3 is 1. The largest absolute Gasteiger partial charge is 0.490 e. The monoisotopic (exact) mass is 250 g/mol. The van der Waals surface area contributed by atoms with E-state index in [9.17, 15) is 14.9 Å². The molecule has 0 atom stereocenters. The Hall–Kier alpha value is -2.11. The molecule has 1 aliphatic rings. The Kier molecular flexibility index (Phi) is 3.18. The molecule has 0 unspecified atom stereocenters. The average molecular weight is 250 g/mol. The maximum Gasteiger partial charge on any atom is 0.311 e. The van der Waals surface area contributed by atoms with Crippen LogP contribution >= 0.6 is 0 Å². The second-order valence-electron chi connectivity index (χ2n) is 4.20. The summed E-state index contributed by atoms with van der Waals surface area (Å²) in [5.74, 6) is 0.332. The molecule has 1 aromatic rings. The van der Waals surface area contributed by atoms with E-state index in [1.54, 1.807) is 11.0 Å². The highest BCUT2D eigenvalue weighted by atomic mass is 16.6. The van der Waals surface area contributed by atoms with Crippen molar-refractivity contribution in [1.82, 2.24) is 4.90 Å². The van der Waals surface area contributed by atoms with Gasteiger partial charge in [0, 0.05) is 31.6 Å².